The summed E-state index contributed by atoms with van der Waals surface area (Å²) in [6.45, 7) is 8.15. The van der Waals surface area contributed by atoms with Gasteiger partial charge in [0.25, 0.3) is 0 Å². The van der Waals surface area contributed by atoms with Crippen LogP contribution in [0, 0.1) is 0 Å². The minimum absolute atomic E-state index is 0.0458. The SMILES string of the molecule is CCC1CC(=O)NC(n2nc(C(C)(C)C)cc2NC(=O)Nc2cccc(OC)c2)N1. The molecule has 2 atom stereocenters. The second kappa shape index (κ2) is 8.74. The van der Waals surface area contributed by atoms with Gasteiger partial charge in [0, 0.05) is 35.7 Å². The van der Waals surface area contributed by atoms with Crippen molar-refractivity contribution in [3.8, 4) is 5.75 Å². The molecule has 1 saturated heterocycles. The summed E-state index contributed by atoms with van der Waals surface area (Å²) in [6, 6.07) is 8.55. The van der Waals surface area contributed by atoms with Crippen molar-refractivity contribution in [3.05, 3.63) is 36.0 Å². The number of hydrogen-bond acceptors (Lipinski definition) is 5. The van der Waals surface area contributed by atoms with Gasteiger partial charge in [-0.25, -0.2) is 9.48 Å². The molecule has 0 spiro atoms. The molecular formula is C21H30N6O3. The molecule has 1 aromatic heterocycles. The van der Waals surface area contributed by atoms with E-state index in [4.69, 9.17) is 4.74 Å². The van der Waals surface area contributed by atoms with Crippen molar-refractivity contribution in [2.75, 3.05) is 17.7 Å². The van der Waals surface area contributed by atoms with E-state index in [1.54, 1.807) is 36.1 Å². The van der Waals surface area contributed by atoms with Crippen LogP contribution in [0.1, 0.15) is 52.5 Å². The molecule has 30 heavy (non-hydrogen) atoms. The Morgan fingerprint density at radius 3 is 2.73 bits per heavy atom. The Labute approximate surface area is 176 Å². The fraction of sp³-hybridized carbons (Fsp3) is 0.476. The van der Waals surface area contributed by atoms with E-state index in [0.717, 1.165) is 12.1 Å². The molecule has 9 heteroatoms. The summed E-state index contributed by atoms with van der Waals surface area (Å²) in [7, 11) is 1.57. The minimum Gasteiger partial charge on any atom is -0.497 e. The second-order valence-electron chi connectivity index (χ2n) is 8.37. The predicted octanol–water partition coefficient (Wildman–Crippen LogP) is 3.18. The van der Waals surface area contributed by atoms with Gasteiger partial charge in [0.15, 0.2) is 6.29 Å². The number of benzene rings is 1. The Bertz CT molecular complexity index is 918. The van der Waals surface area contributed by atoms with Gasteiger partial charge in [0.2, 0.25) is 5.91 Å². The Balaban J connectivity index is 1.84. The van der Waals surface area contributed by atoms with E-state index < -0.39 is 12.3 Å². The predicted molar refractivity (Wildman–Crippen MR) is 116 cm³/mol. The van der Waals surface area contributed by atoms with Crippen LogP contribution in [0.25, 0.3) is 0 Å². The Kier molecular flexibility index (Phi) is 6.31. The highest BCUT2D eigenvalue weighted by Gasteiger charge is 2.30. The molecule has 1 aliphatic heterocycles. The highest BCUT2D eigenvalue weighted by atomic mass is 16.5. The van der Waals surface area contributed by atoms with E-state index in [2.05, 4.69) is 26.4 Å². The molecule has 3 rings (SSSR count). The van der Waals surface area contributed by atoms with Gasteiger partial charge in [-0.3, -0.25) is 15.4 Å². The van der Waals surface area contributed by atoms with E-state index in [-0.39, 0.29) is 17.4 Å². The maximum atomic E-state index is 12.6. The Hall–Kier alpha value is -3.07. The van der Waals surface area contributed by atoms with Gasteiger partial charge in [0.05, 0.1) is 12.8 Å². The number of urea groups is 1. The lowest BCUT2D eigenvalue weighted by atomic mass is 9.92. The molecule has 0 aliphatic carbocycles. The van der Waals surface area contributed by atoms with Crippen molar-refractivity contribution in [1.82, 2.24) is 20.4 Å². The zero-order valence-electron chi connectivity index (χ0n) is 18.1. The van der Waals surface area contributed by atoms with Crippen molar-refractivity contribution in [1.29, 1.82) is 0 Å². The number of anilines is 2. The van der Waals surface area contributed by atoms with Crippen molar-refractivity contribution in [2.45, 2.75) is 58.3 Å². The molecule has 2 heterocycles. The largest absolute Gasteiger partial charge is 0.497 e. The zero-order valence-corrected chi connectivity index (χ0v) is 18.1. The number of hydrogen-bond donors (Lipinski definition) is 4. The number of rotatable bonds is 5. The number of carbonyl (C=O) groups is 2. The molecule has 0 saturated carbocycles. The highest BCUT2D eigenvalue weighted by Crippen LogP contribution is 2.26. The first kappa shape index (κ1) is 21.6. The van der Waals surface area contributed by atoms with Crippen molar-refractivity contribution < 1.29 is 14.3 Å². The molecule has 1 aliphatic rings. The molecule has 2 unspecified atom stereocenters. The lowest BCUT2D eigenvalue weighted by molar-refractivity contribution is -0.125. The Morgan fingerprint density at radius 2 is 2.07 bits per heavy atom. The number of ether oxygens (including phenoxy) is 1. The number of methoxy groups -OCH3 is 1. The zero-order chi connectivity index (χ0) is 21.9. The molecule has 162 valence electrons. The molecule has 4 N–H and O–H groups in total. The number of amides is 3. The Morgan fingerprint density at radius 1 is 1.30 bits per heavy atom. The summed E-state index contributed by atoms with van der Waals surface area (Å²) >= 11 is 0. The molecule has 2 aromatic rings. The molecular weight excluding hydrogens is 384 g/mol. The van der Waals surface area contributed by atoms with Gasteiger partial charge in [-0.1, -0.05) is 33.8 Å². The fourth-order valence-electron chi connectivity index (χ4n) is 3.18. The van der Waals surface area contributed by atoms with Crippen molar-refractivity contribution in [2.24, 2.45) is 0 Å². The lowest BCUT2D eigenvalue weighted by Crippen LogP contribution is -2.53. The molecule has 1 fully saturated rings. The molecule has 0 bridgehead atoms. The third-order valence-electron chi connectivity index (χ3n) is 4.93. The van der Waals surface area contributed by atoms with Gasteiger partial charge < -0.3 is 15.4 Å². The van der Waals surface area contributed by atoms with Crippen LogP contribution in [0.3, 0.4) is 0 Å². The molecule has 3 amide bonds. The van der Waals surface area contributed by atoms with Crippen LogP contribution in [0.4, 0.5) is 16.3 Å². The van der Waals surface area contributed by atoms with Crippen molar-refractivity contribution in [3.63, 3.8) is 0 Å². The summed E-state index contributed by atoms with van der Waals surface area (Å²) in [5.74, 6) is 1.08. The minimum atomic E-state index is -0.542. The van der Waals surface area contributed by atoms with Crippen LogP contribution in [0.15, 0.2) is 30.3 Å². The van der Waals surface area contributed by atoms with Crippen LogP contribution >= 0.6 is 0 Å². The van der Waals surface area contributed by atoms with Gasteiger partial charge in [0.1, 0.15) is 11.6 Å². The molecule has 0 radical (unpaired) electrons. The first-order chi connectivity index (χ1) is 14.2. The van der Waals surface area contributed by atoms with E-state index in [9.17, 15) is 9.59 Å². The molecule has 9 nitrogen and oxygen atoms in total. The van der Waals surface area contributed by atoms with Gasteiger partial charge in [-0.05, 0) is 18.6 Å². The summed E-state index contributed by atoms with van der Waals surface area (Å²) in [5, 5.41) is 16.6. The lowest BCUT2D eigenvalue weighted by Gasteiger charge is -2.32. The van der Waals surface area contributed by atoms with Crippen LogP contribution in [0.5, 0.6) is 5.75 Å². The maximum Gasteiger partial charge on any atom is 0.324 e. The van der Waals surface area contributed by atoms with E-state index >= 15 is 0 Å². The number of nitrogens with one attached hydrogen (secondary N) is 4. The quantitative estimate of drug-likeness (QED) is 0.601. The van der Waals surface area contributed by atoms with E-state index in [1.165, 1.54) is 0 Å². The standard InChI is InChI=1S/C21H30N6O3/c1-6-13-11-18(28)25-19(22-13)27-17(12-16(26-27)21(2,3)4)24-20(29)23-14-8-7-9-15(10-14)30-5/h7-10,12-13,19,22H,6,11H2,1-5H3,(H,25,28)(H2,23,24,29). The van der Waals surface area contributed by atoms with Crippen molar-refractivity contribution >= 4 is 23.4 Å². The van der Waals surface area contributed by atoms with Crippen LogP contribution < -0.4 is 26.0 Å². The van der Waals surface area contributed by atoms with E-state index in [0.29, 0.717) is 23.7 Å². The third kappa shape index (κ3) is 5.10. The van der Waals surface area contributed by atoms with Crippen LogP contribution in [-0.4, -0.2) is 34.9 Å². The monoisotopic (exact) mass is 414 g/mol. The average Bonchev–Trinajstić information content (AvgIpc) is 3.11. The first-order valence-electron chi connectivity index (χ1n) is 10.1. The summed E-state index contributed by atoms with van der Waals surface area (Å²) < 4.78 is 6.81. The summed E-state index contributed by atoms with van der Waals surface area (Å²) in [6.07, 6.45) is 0.690. The maximum absolute atomic E-state index is 12.6. The summed E-state index contributed by atoms with van der Waals surface area (Å²) in [4.78, 5) is 24.8. The second-order valence-corrected chi connectivity index (χ2v) is 8.37. The average molecular weight is 415 g/mol. The normalized spacial score (nSPS) is 19.2. The number of nitrogens with zero attached hydrogens (tertiary/aromatic N) is 2. The topological polar surface area (TPSA) is 109 Å². The third-order valence-corrected chi connectivity index (χ3v) is 4.93. The first-order valence-corrected chi connectivity index (χ1v) is 10.1. The van der Waals surface area contributed by atoms with Crippen LogP contribution in [0.2, 0.25) is 0 Å². The number of carbonyl (C=O) groups excluding carboxylic acids is 2. The van der Waals surface area contributed by atoms with Gasteiger partial charge in [-0.2, -0.15) is 5.10 Å². The van der Waals surface area contributed by atoms with Crippen LogP contribution in [-0.2, 0) is 10.2 Å². The highest BCUT2D eigenvalue weighted by molar-refractivity contribution is 5.99. The summed E-state index contributed by atoms with van der Waals surface area (Å²) in [5.41, 5.74) is 1.17. The fourth-order valence-corrected chi connectivity index (χ4v) is 3.18. The molecule has 1 aromatic carbocycles. The smallest absolute Gasteiger partial charge is 0.324 e. The van der Waals surface area contributed by atoms with E-state index in [1.807, 2.05) is 33.8 Å². The van der Waals surface area contributed by atoms with Gasteiger partial charge >= 0.3 is 6.03 Å². The number of aromatic nitrogens is 2. The van der Waals surface area contributed by atoms with Gasteiger partial charge in [-0.15, -0.1) is 0 Å².